The summed E-state index contributed by atoms with van der Waals surface area (Å²) in [4.78, 5) is 55.1. The molecule has 3 rings (SSSR count). The molecule has 1 aliphatic carbocycles. The second-order valence-electron chi connectivity index (χ2n) is 13.1. The molecule has 46 heavy (non-hydrogen) atoms. The van der Waals surface area contributed by atoms with Crippen molar-refractivity contribution in [2.24, 2.45) is 17.8 Å². The Labute approximate surface area is 273 Å². The lowest BCUT2D eigenvalue weighted by Crippen LogP contribution is -2.58. The summed E-state index contributed by atoms with van der Waals surface area (Å²) < 4.78 is 11.6. The highest BCUT2D eigenvalue weighted by molar-refractivity contribution is 5.91. The van der Waals surface area contributed by atoms with Crippen molar-refractivity contribution >= 4 is 23.9 Å². The SMILES string of the molecule is CC[C@H](C)[C@H](OC(=O)N(C)[C@H](C(=O)N[C@H](C(=O)N(C)C[C@@H](CC(=O)O)OC)C(C)C)C(C)C)C1c2ccccc2-c2ccccc21. The van der Waals surface area contributed by atoms with E-state index in [2.05, 4.69) is 43.4 Å². The first kappa shape index (κ1) is 36.5. The maximum Gasteiger partial charge on any atom is 0.410 e. The van der Waals surface area contributed by atoms with Crippen molar-refractivity contribution in [1.29, 1.82) is 0 Å². The predicted octanol–water partition coefficient (Wildman–Crippen LogP) is 5.40. The maximum absolute atomic E-state index is 13.9. The number of aliphatic carboxylic acids is 1. The standard InChI is InChI=1S/C36H51N3O7/c1-10-23(6)33(30-27-17-13-11-15-25(27)26-16-12-14-18-28(26)30)46-36(44)39(8)32(22(4)5)34(42)37-31(21(2)3)35(43)38(7)20-24(45-9)19-29(40)41/h11-18,21-24,30-33H,10,19-20H2,1-9H3,(H,37,42)(H,40,41)/t23-,24+,31-,32-,33-/m0/s1. The summed E-state index contributed by atoms with van der Waals surface area (Å²) in [7, 11) is 4.51. The van der Waals surface area contributed by atoms with Crippen molar-refractivity contribution in [3.8, 4) is 11.1 Å². The van der Waals surface area contributed by atoms with Crippen LogP contribution in [0.25, 0.3) is 11.1 Å². The molecular weight excluding hydrogens is 586 g/mol. The van der Waals surface area contributed by atoms with Crippen molar-refractivity contribution in [3.63, 3.8) is 0 Å². The van der Waals surface area contributed by atoms with Crippen LogP contribution < -0.4 is 5.32 Å². The number of ether oxygens (including phenoxy) is 2. The van der Waals surface area contributed by atoms with E-state index < -0.39 is 42.3 Å². The minimum atomic E-state index is -1.03. The molecule has 252 valence electrons. The Morgan fingerprint density at radius 2 is 1.43 bits per heavy atom. The van der Waals surface area contributed by atoms with Crippen molar-refractivity contribution in [1.82, 2.24) is 15.1 Å². The predicted molar refractivity (Wildman–Crippen MR) is 177 cm³/mol. The van der Waals surface area contributed by atoms with Gasteiger partial charge in [0.25, 0.3) is 0 Å². The van der Waals surface area contributed by atoms with Crippen LogP contribution in [0.1, 0.15) is 71.4 Å². The Hall–Kier alpha value is -3.92. The number of amides is 3. The van der Waals surface area contributed by atoms with E-state index in [0.717, 1.165) is 28.7 Å². The van der Waals surface area contributed by atoms with Gasteiger partial charge in [0.2, 0.25) is 11.8 Å². The number of hydrogen-bond donors (Lipinski definition) is 2. The zero-order valence-electron chi connectivity index (χ0n) is 28.7. The Morgan fingerprint density at radius 3 is 1.89 bits per heavy atom. The molecule has 1 aliphatic rings. The Kier molecular flexibility index (Phi) is 12.8. The first-order chi connectivity index (χ1) is 21.7. The third-order valence-electron chi connectivity index (χ3n) is 9.08. The molecule has 0 saturated heterocycles. The van der Waals surface area contributed by atoms with E-state index in [0.29, 0.717) is 0 Å². The zero-order chi connectivity index (χ0) is 34.3. The molecule has 0 unspecified atom stereocenters. The molecule has 10 nitrogen and oxygen atoms in total. The second-order valence-corrected chi connectivity index (χ2v) is 13.1. The van der Waals surface area contributed by atoms with Gasteiger partial charge < -0.3 is 24.8 Å². The maximum atomic E-state index is 13.9. The van der Waals surface area contributed by atoms with Gasteiger partial charge in [0.05, 0.1) is 12.5 Å². The number of nitrogens with one attached hydrogen (secondary N) is 1. The molecular formula is C36H51N3O7. The summed E-state index contributed by atoms with van der Waals surface area (Å²) in [5.74, 6) is -2.57. The summed E-state index contributed by atoms with van der Waals surface area (Å²) in [6, 6.07) is 14.6. The molecule has 0 aromatic heterocycles. The number of rotatable bonds is 15. The number of carbonyl (C=O) groups excluding carboxylic acids is 3. The number of fused-ring (bicyclic) bond motifs is 3. The van der Waals surface area contributed by atoms with Gasteiger partial charge in [-0.05, 0) is 40.0 Å². The van der Waals surface area contributed by atoms with Crippen LogP contribution in [0.4, 0.5) is 4.79 Å². The molecule has 10 heteroatoms. The quantitative estimate of drug-likeness (QED) is 0.268. The summed E-state index contributed by atoms with van der Waals surface area (Å²) in [6.07, 6.45) is -1.25. The minimum Gasteiger partial charge on any atom is -0.481 e. The number of carbonyl (C=O) groups is 4. The van der Waals surface area contributed by atoms with E-state index >= 15 is 0 Å². The first-order valence-corrected chi connectivity index (χ1v) is 16.1. The smallest absolute Gasteiger partial charge is 0.410 e. The lowest BCUT2D eigenvalue weighted by atomic mass is 9.83. The lowest BCUT2D eigenvalue weighted by molar-refractivity contribution is -0.143. The Balaban J connectivity index is 1.83. The largest absolute Gasteiger partial charge is 0.481 e. The van der Waals surface area contributed by atoms with Crippen molar-refractivity contribution in [2.75, 3.05) is 27.7 Å². The van der Waals surface area contributed by atoms with E-state index in [1.54, 1.807) is 14.1 Å². The molecule has 0 saturated carbocycles. The Bertz CT molecular complexity index is 1330. The van der Waals surface area contributed by atoms with E-state index in [4.69, 9.17) is 14.6 Å². The van der Waals surface area contributed by atoms with Crippen LogP contribution in [0.2, 0.25) is 0 Å². The first-order valence-electron chi connectivity index (χ1n) is 16.1. The third kappa shape index (κ3) is 8.26. The molecule has 0 fully saturated rings. The van der Waals surface area contributed by atoms with Crippen molar-refractivity contribution < 1.29 is 33.8 Å². The van der Waals surface area contributed by atoms with Crippen LogP contribution in [0.5, 0.6) is 0 Å². The number of hydrogen-bond acceptors (Lipinski definition) is 6. The fraction of sp³-hybridized carbons (Fsp3) is 0.556. The van der Waals surface area contributed by atoms with Gasteiger partial charge in [-0.3, -0.25) is 19.3 Å². The molecule has 5 atom stereocenters. The van der Waals surface area contributed by atoms with E-state index in [1.165, 1.54) is 16.9 Å². The van der Waals surface area contributed by atoms with Gasteiger partial charge in [-0.15, -0.1) is 0 Å². The lowest BCUT2D eigenvalue weighted by Gasteiger charge is -2.36. The third-order valence-corrected chi connectivity index (χ3v) is 9.08. The Morgan fingerprint density at radius 1 is 0.891 bits per heavy atom. The normalized spacial score (nSPS) is 15.7. The van der Waals surface area contributed by atoms with Gasteiger partial charge >= 0.3 is 12.1 Å². The van der Waals surface area contributed by atoms with Gasteiger partial charge in [0, 0.05) is 33.7 Å². The number of likely N-dealkylation sites (N-methyl/N-ethyl adjacent to an activating group) is 2. The average molecular weight is 638 g/mol. The number of benzene rings is 2. The van der Waals surface area contributed by atoms with Gasteiger partial charge in [-0.25, -0.2) is 4.79 Å². The molecule has 2 aromatic carbocycles. The highest BCUT2D eigenvalue weighted by Crippen LogP contribution is 2.48. The fourth-order valence-electron chi connectivity index (χ4n) is 6.33. The van der Waals surface area contributed by atoms with Gasteiger partial charge in [0.1, 0.15) is 18.2 Å². The van der Waals surface area contributed by atoms with E-state index in [-0.39, 0.29) is 42.5 Å². The second kappa shape index (κ2) is 16.1. The monoisotopic (exact) mass is 637 g/mol. The van der Waals surface area contributed by atoms with Gasteiger partial charge in [0.15, 0.2) is 0 Å². The number of carboxylic acids is 1. The highest BCUT2D eigenvalue weighted by Gasteiger charge is 2.41. The molecule has 2 N–H and O–H groups in total. The van der Waals surface area contributed by atoms with E-state index in [1.807, 2.05) is 52.0 Å². The van der Waals surface area contributed by atoms with Crippen LogP contribution in [-0.2, 0) is 23.9 Å². The van der Waals surface area contributed by atoms with Crippen LogP contribution in [0.3, 0.4) is 0 Å². The van der Waals surface area contributed by atoms with Gasteiger partial charge in [-0.1, -0.05) is 96.5 Å². The molecule has 0 bridgehead atoms. The molecule has 0 heterocycles. The van der Waals surface area contributed by atoms with Crippen LogP contribution in [-0.4, -0.2) is 90.8 Å². The average Bonchev–Trinajstić information content (AvgIpc) is 3.34. The summed E-state index contributed by atoms with van der Waals surface area (Å²) in [5.41, 5.74) is 4.50. The van der Waals surface area contributed by atoms with Gasteiger partial charge in [-0.2, -0.15) is 0 Å². The van der Waals surface area contributed by atoms with E-state index in [9.17, 15) is 19.2 Å². The summed E-state index contributed by atoms with van der Waals surface area (Å²) >= 11 is 0. The summed E-state index contributed by atoms with van der Waals surface area (Å²) in [6.45, 7) is 11.5. The topological polar surface area (TPSA) is 125 Å². The fourth-order valence-corrected chi connectivity index (χ4v) is 6.33. The number of carboxylic acid groups (broad SMARTS) is 1. The molecule has 0 aliphatic heterocycles. The summed E-state index contributed by atoms with van der Waals surface area (Å²) in [5, 5.41) is 12.0. The highest BCUT2D eigenvalue weighted by atomic mass is 16.6. The molecule has 2 aromatic rings. The molecule has 0 spiro atoms. The van der Waals surface area contributed by atoms with Crippen molar-refractivity contribution in [2.45, 2.75) is 84.6 Å². The van der Waals surface area contributed by atoms with Crippen LogP contribution in [0.15, 0.2) is 48.5 Å². The number of methoxy groups -OCH3 is 1. The van der Waals surface area contributed by atoms with Crippen LogP contribution in [0, 0.1) is 17.8 Å². The van der Waals surface area contributed by atoms with Crippen LogP contribution >= 0.6 is 0 Å². The van der Waals surface area contributed by atoms with Crippen molar-refractivity contribution in [3.05, 3.63) is 59.7 Å². The molecule has 3 amide bonds. The molecule has 0 radical (unpaired) electrons. The number of nitrogens with zero attached hydrogens (tertiary/aromatic N) is 2. The minimum absolute atomic E-state index is 0.0309. The zero-order valence-corrected chi connectivity index (χ0v) is 28.7.